The fourth-order valence-corrected chi connectivity index (χ4v) is 1.88. The van der Waals surface area contributed by atoms with Crippen LogP contribution >= 0.6 is 0 Å². The van der Waals surface area contributed by atoms with Gasteiger partial charge in [0.15, 0.2) is 0 Å². The molecule has 0 atom stereocenters. The topological polar surface area (TPSA) is 64.1 Å². The summed E-state index contributed by atoms with van der Waals surface area (Å²) in [6.45, 7) is 0. The second-order valence-corrected chi connectivity index (χ2v) is 3.86. The largest absolute Gasteiger partial charge is 0.508 e. The Morgan fingerprint density at radius 2 is 1.94 bits per heavy atom. The van der Waals surface area contributed by atoms with Crippen molar-refractivity contribution in [1.29, 1.82) is 0 Å². The molecule has 3 aromatic rings. The Hall–Kier alpha value is -2.49. The molecular formula is C13H11N3O. The van der Waals surface area contributed by atoms with Gasteiger partial charge in [0.2, 0.25) is 0 Å². The van der Waals surface area contributed by atoms with Gasteiger partial charge in [0.25, 0.3) is 0 Å². The van der Waals surface area contributed by atoms with Crippen LogP contribution in [0.1, 0.15) is 0 Å². The van der Waals surface area contributed by atoms with E-state index >= 15 is 0 Å². The van der Waals surface area contributed by atoms with E-state index in [-0.39, 0.29) is 5.75 Å². The van der Waals surface area contributed by atoms with Crippen molar-refractivity contribution in [3.8, 4) is 11.4 Å². The first-order chi connectivity index (χ1) is 8.25. The molecule has 4 nitrogen and oxygen atoms in total. The van der Waals surface area contributed by atoms with E-state index in [1.807, 2.05) is 30.3 Å². The third-order valence-corrected chi connectivity index (χ3v) is 2.72. The molecule has 3 rings (SSSR count). The summed E-state index contributed by atoms with van der Waals surface area (Å²) in [5, 5.41) is 14.8. The predicted molar refractivity (Wildman–Crippen MR) is 67.1 cm³/mol. The summed E-state index contributed by atoms with van der Waals surface area (Å²) in [5.74, 6) is 0.216. The van der Waals surface area contributed by atoms with Gasteiger partial charge >= 0.3 is 0 Å². The quantitative estimate of drug-likeness (QED) is 0.624. The Bertz CT molecular complexity index is 688. The lowest BCUT2D eigenvalue weighted by molar-refractivity contribution is 0.476. The Morgan fingerprint density at radius 3 is 2.76 bits per heavy atom. The van der Waals surface area contributed by atoms with E-state index in [0.717, 1.165) is 16.6 Å². The Balaban J connectivity index is 2.31. The summed E-state index contributed by atoms with van der Waals surface area (Å²) < 4.78 is 1.73. The summed E-state index contributed by atoms with van der Waals surface area (Å²) in [6, 6.07) is 12.6. The van der Waals surface area contributed by atoms with Crippen LogP contribution in [0, 0.1) is 0 Å². The average molecular weight is 225 g/mol. The number of hydrogen-bond donors (Lipinski definition) is 2. The van der Waals surface area contributed by atoms with E-state index in [9.17, 15) is 5.11 Å². The lowest BCUT2D eigenvalue weighted by Gasteiger charge is -2.06. The first-order valence-electron chi connectivity index (χ1n) is 5.27. The highest BCUT2D eigenvalue weighted by Crippen LogP contribution is 2.24. The third kappa shape index (κ3) is 1.50. The normalized spacial score (nSPS) is 10.8. The van der Waals surface area contributed by atoms with Gasteiger partial charge in [-0.05, 0) is 24.3 Å². The van der Waals surface area contributed by atoms with Crippen molar-refractivity contribution in [3.63, 3.8) is 0 Å². The lowest BCUT2D eigenvalue weighted by Crippen LogP contribution is -2.00. The van der Waals surface area contributed by atoms with Crippen molar-refractivity contribution < 1.29 is 5.11 Å². The van der Waals surface area contributed by atoms with Gasteiger partial charge in [-0.3, -0.25) is 0 Å². The number of aromatic nitrogens is 2. The molecule has 0 aliphatic carbocycles. The number of benzene rings is 2. The molecule has 2 aromatic carbocycles. The number of rotatable bonds is 1. The van der Waals surface area contributed by atoms with Crippen molar-refractivity contribution >= 4 is 16.6 Å². The monoisotopic (exact) mass is 225 g/mol. The van der Waals surface area contributed by atoms with Crippen LogP contribution in [-0.2, 0) is 0 Å². The maximum absolute atomic E-state index is 9.52. The highest BCUT2D eigenvalue weighted by atomic mass is 16.3. The van der Waals surface area contributed by atoms with E-state index in [1.165, 1.54) is 0 Å². The minimum absolute atomic E-state index is 0.216. The third-order valence-electron chi connectivity index (χ3n) is 2.72. The smallest absolute Gasteiger partial charge is 0.117 e. The number of fused-ring (bicyclic) bond motifs is 1. The minimum Gasteiger partial charge on any atom is -0.508 e. The van der Waals surface area contributed by atoms with Crippen LogP contribution in [0.2, 0.25) is 0 Å². The van der Waals surface area contributed by atoms with Crippen molar-refractivity contribution in [2.75, 3.05) is 5.73 Å². The minimum atomic E-state index is 0.216. The van der Waals surface area contributed by atoms with Crippen molar-refractivity contribution in [2.24, 2.45) is 0 Å². The van der Waals surface area contributed by atoms with Gasteiger partial charge in [-0.15, -0.1) is 0 Å². The molecule has 0 saturated heterocycles. The van der Waals surface area contributed by atoms with Crippen molar-refractivity contribution in [1.82, 2.24) is 9.78 Å². The van der Waals surface area contributed by atoms with Crippen LogP contribution < -0.4 is 5.73 Å². The van der Waals surface area contributed by atoms with Gasteiger partial charge in [0.05, 0.1) is 23.1 Å². The van der Waals surface area contributed by atoms with E-state index in [1.54, 1.807) is 23.0 Å². The van der Waals surface area contributed by atoms with Gasteiger partial charge in [0.1, 0.15) is 5.75 Å². The van der Waals surface area contributed by atoms with Crippen molar-refractivity contribution in [2.45, 2.75) is 0 Å². The van der Waals surface area contributed by atoms with Gasteiger partial charge in [-0.25, -0.2) is 4.68 Å². The molecule has 1 aromatic heterocycles. The molecule has 0 spiro atoms. The summed E-state index contributed by atoms with van der Waals surface area (Å²) in [7, 11) is 0. The highest BCUT2D eigenvalue weighted by Gasteiger charge is 2.07. The first kappa shape index (κ1) is 9.72. The molecule has 17 heavy (non-hydrogen) atoms. The first-order valence-corrected chi connectivity index (χ1v) is 5.27. The maximum Gasteiger partial charge on any atom is 0.117 e. The number of para-hydroxylation sites is 2. The maximum atomic E-state index is 9.52. The summed E-state index contributed by atoms with van der Waals surface area (Å²) in [5.41, 5.74) is 8.22. The fourth-order valence-electron chi connectivity index (χ4n) is 1.88. The molecule has 84 valence electrons. The second kappa shape index (κ2) is 3.52. The molecule has 4 heteroatoms. The number of aromatic hydroxyl groups is 1. The fraction of sp³-hybridized carbons (Fsp3) is 0. The highest BCUT2D eigenvalue weighted by molar-refractivity contribution is 5.82. The molecule has 0 aliphatic rings. The standard InChI is InChI=1S/C13H11N3O/c14-11-3-1-2-4-12(11)16-13-7-10(17)6-5-9(13)8-15-16/h1-8,17H,14H2. The molecule has 0 unspecified atom stereocenters. The zero-order valence-corrected chi connectivity index (χ0v) is 9.04. The number of phenolic OH excluding ortho intramolecular Hbond substituents is 1. The SMILES string of the molecule is Nc1ccccc1-n1ncc2ccc(O)cc21. The van der Waals surface area contributed by atoms with Gasteiger partial charge in [-0.1, -0.05) is 12.1 Å². The number of phenols is 1. The Labute approximate surface area is 97.9 Å². The molecule has 0 fully saturated rings. The Kier molecular flexibility index (Phi) is 2.01. The zero-order chi connectivity index (χ0) is 11.8. The van der Waals surface area contributed by atoms with E-state index in [4.69, 9.17) is 5.73 Å². The van der Waals surface area contributed by atoms with Crippen LogP contribution in [0.5, 0.6) is 5.75 Å². The summed E-state index contributed by atoms with van der Waals surface area (Å²) in [4.78, 5) is 0. The lowest BCUT2D eigenvalue weighted by atomic mass is 10.2. The number of nitrogen functional groups attached to an aromatic ring is 1. The molecule has 0 saturated carbocycles. The number of anilines is 1. The molecule has 3 N–H and O–H groups in total. The number of hydrogen-bond acceptors (Lipinski definition) is 3. The predicted octanol–water partition coefficient (Wildman–Crippen LogP) is 2.31. The number of nitrogens with zero attached hydrogens (tertiary/aromatic N) is 2. The molecular weight excluding hydrogens is 214 g/mol. The second-order valence-electron chi connectivity index (χ2n) is 3.86. The molecule has 1 heterocycles. The van der Waals surface area contributed by atoms with Crippen LogP contribution in [-0.4, -0.2) is 14.9 Å². The van der Waals surface area contributed by atoms with Crippen LogP contribution in [0.25, 0.3) is 16.6 Å². The molecule has 0 aliphatic heterocycles. The Morgan fingerprint density at radius 1 is 1.12 bits per heavy atom. The summed E-state index contributed by atoms with van der Waals surface area (Å²) in [6.07, 6.45) is 1.75. The van der Waals surface area contributed by atoms with Crippen LogP contribution in [0.4, 0.5) is 5.69 Å². The average Bonchev–Trinajstić information content (AvgIpc) is 2.72. The van der Waals surface area contributed by atoms with E-state index in [2.05, 4.69) is 5.10 Å². The molecule has 0 bridgehead atoms. The summed E-state index contributed by atoms with van der Waals surface area (Å²) >= 11 is 0. The van der Waals surface area contributed by atoms with Gasteiger partial charge < -0.3 is 10.8 Å². The molecule has 0 amide bonds. The van der Waals surface area contributed by atoms with E-state index in [0.29, 0.717) is 5.69 Å². The van der Waals surface area contributed by atoms with Crippen LogP contribution in [0.3, 0.4) is 0 Å². The van der Waals surface area contributed by atoms with E-state index < -0.39 is 0 Å². The van der Waals surface area contributed by atoms with Crippen molar-refractivity contribution in [3.05, 3.63) is 48.7 Å². The number of nitrogens with two attached hydrogens (primary N) is 1. The molecule has 0 radical (unpaired) electrons. The van der Waals surface area contributed by atoms with Gasteiger partial charge in [0, 0.05) is 11.5 Å². The van der Waals surface area contributed by atoms with Crippen LogP contribution in [0.15, 0.2) is 48.7 Å². The zero-order valence-electron chi connectivity index (χ0n) is 9.04. The van der Waals surface area contributed by atoms with Gasteiger partial charge in [-0.2, -0.15) is 5.10 Å².